The summed E-state index contributed by atoms with van der Waals surface area (Å²) in [5.74, 6) is -0.241. The lowest BCUT2D eigenvalue weighted by molar-refractivity contribution is -0.306. The van der Waals surface area contributed by atoms with Crippen LogP contribution in [0.5, 0.6) is 0 Å². The zero-order chi connectivity index (χ0) is 38.8. The van der Waals surface area contributed by atoms with E-state index < -0.39 is 73.3 Å². The van der Waals surface area contributed by atoms with Crippen molar-refractivity contribution in [2.45, 2.75) is 154 Å². The third kappa shape index (κ3) is 6.99. The van der Waals surface area contributed by atoms with Crippen LogP contribution in [-0.2, 0) is 28.5 Å². The Kier molecular flexibility index (Phi) is 11.5. The molecule has 300 valence electrons. The lowest BCUT2D eigenvalue weighted by Crippen LogP contribution is -2.62. The maximum Gasteiger partial charge on any atom is 0.318 e. The summed E-state index contributed by atoms with van der Waals surface area (Å²) < 4.78 is 23.4. The van der Waals surface area contributed by atoms with Gasteiger partial charge in [-0.05, 0) is 97.9 Å². The van der Waals surface area contributed by atoms with Gasteiger partial charge in [0.25, 0.3) is 0 Å². The van der Waals surface area contributed by atoms with Crippen molar-refractivity contribution in [3.8, 4) is 0 Å². The topological polar surface area (TPSA) is 213 Å². The maximum atomic E-state index is 14.2. The van der Waals surface area contributed by atoms with E-state index in [0.717, 1.165) is 31.3 Å². The number of esters is 1. The van der Waals surface area contributed by atoms with Gasteiger partial charge in [-0.15, -0.1) is 0 Å². The van der Waals surface area contributed by atoms with Crippen LogP contribution in [0.3, 0.4) is 0 Å². The van der Waals surface area contributed by atoms with E-state index in [1.165, 1.54) is 6.92 Å². The molecule has 0 spiro atoms. The summed E-state index contributed by atoms with van der Waals surface area (Å²) in [4.78, 5) is 26.5. The van der Waals surface area contributed by atoms with Crippen molar-refractivity contribution in [2.24, 2.45) is 45.3 Å². The van der Waals surface area contributed by atoms with Gasteiger partial charge in [0.05, 0.1) is 24.7 Å². The van der Waals surface area contributed by atoms with Crippen LogP contribution in [-0.4, -0.2) is 122 Å². The lowest BCUT2D eigenvalue weighted by Gasteiger charge is -2.66. The van der Waals surface area contributed by atoms with Gasteiger partial charge in [0.2, 0.25) is 6.29 Å². The Morgan fingerprint density at radius 1 is 0.887 bits per heavy atom. The van der Waals surface area contributed by atoms with E-state index in [9.17, 15) is 45.3 Å². The minimum atomic E-state index is -1.72. The number of aliphatic hydroxyl groups excluding tert-OH is 7. The maximum absolute atomic E-state index is 14.2. The third-order valence-electron chi connectivity index (χ3n) is 14.8. The highest BCUT2D eigenvalue weighted by Gasteiger charge is 2.64. The SMILES string of the molecule is CC(=O)[C@H](C)CC[C@@]1(C(=O)O[C@@H]2O[C@H](CO)[C@@H](O)[C@H](O)[C@H]2O)C=C2C=C[C@H]3[C@@]4(C)CC[C@H](O[C@@H]5OC[C@H](O)[C@H](O)[C@H]5O)C(C)(C)[C@H]4CC[C@@]3(C)[C@H]2CC1. The summed E-state index contributed by atoms with van der Waals surface area (Å²) in [6.45, 7) is 11.8. The first-order valence-electron chi connectivity index (χ1n) is 19.5. The Balaban J connectivity index is 1.26. The normalized spacial score (nSPS) is 48.4. The quantitative estimate of drug-likeness (QED) is 0.133. The minimum Gasteiger partial charge on any atom is -0.432 e. The van der Waals surface area contributed by atoms with E-state index in [-0.39, 0.29) is 58.4 Å². The average Bonchev–Trinajstić information content (AvgIpc) is 3.11. The molecule has 0 aromatic rings. The summed E-state index contributed by atoms with van der Waals surface area (Å²) in [6.07, 6.45) is -0.987. The predicted octanol–water partition coefficient (Wildman–Crippen LogP) is 1.91. The van der Waals surface area contributed by atoms with Crippen molar-refractivity contribution in [3.63, 3.8) is 0 Å². The Labute approximate surface area is 312 Å². The second-order valence-corrected chi connectivity index (χ2v) is 18.2. The van der Waals surface area contributed by atoms with Gasteiger partial charge in [-0.3, -0.25) is 9.59 Å². The fraction of sp³-hybridized carbons (Fsp3) is 0.850. The molecular weight excluding hydrogens is 688 g/mol. The van der Waals surface area contributed by atoms with Gasteiger partial charge in [-0.25, -0.2) is 0 Å². The van der Waals surface area contributed by atoms with E-state index in [4.69, 9.17) is 18.9 Å². The van der Waals surface area contributed by atoms with Crippen molar-refractivity contribution in [3.05, 3.63) is 23.8 Å². The fourth-order valence-corrected chi connectivity index (χ4v) is 11.3. The lowest BCUT2D eigenvalue weighted by atomic mass is 9.39. The summed E-state index contributed by atoms with van der Waals surface area (Å²) in [5, 5.41) is 71.8. The second kappa shape index (κ2) is 14.9. The first kappa shape index (κ1) is 40.9. The highest BCUT2D eigenvalue weighted by Crippen LogP contribution is 2.69. The molecule has 4 aliphatic carbocycles. The molecule has 6 aliphatic rings. The molecule has 2 saturated heterocycles. The Bertz CT molecular complexity index is 1430. The van der Waals surface area contributed by atoms with Crippen LogP contribution in [0.4, 0.5) is 0 Å². The van der Waals surface area contributed by atoms with Gasteiger partial charge in [0, 0.05) is 5.92 Å². The first-order valence-corrected chi connectivity index (χ1v) is 19.5. The monoisotopic (exact) mass is 750 g/mol. The molecule has 0 bridgehead atoms. The second-order valence-electron chi connectivity index (χ2n) is 18.2. The number of rotatable bonds is 9. The van der Waals surface area contributed by atoms with Crippen molar-refractivity contribution < 1.29 is 64.3 Å². The number of ketones is 1. The molecule has 0 radical (unpaired) electrons. The van der Waals surface area contributed by atoms with Gasteiger partial charge < -0.3 is 54.7 Å². The molecule has 2 aliphatic heterocycles. The largest absolute Gasteiger partial charge is 0.432 e. The van der Waals surface area contributed by atoms with Crippen molar-refractivity contribution in [1.82, 2.24) is 0 Å². The van der Waals surface area contributed by atoms with Crippen LogP contribution in [0.2, 0.25) is 0 Å². The average molecular weight is 751 g/mol. The number of Topliss-reactive ketones (excluding diaryl/α,β-unsaturated/α-hetero) is 1. The standard InChI is InChI=1S/C40H62O13/c1-20(21(2)42)9-15-40(36(49)53-35-33(48)31(46)30(45)25(18-41)51-35)16-10-23-22(17-40)7-8-27-38(23,5)13-11-26-37(3,4)28(12-14-39(26,27)6)52-34-32(47)29(44)24(43)19-50-34/h7-8,17,20,23-35,41,43-48H,9-16,18-19H2,1-6H3/t20-,23+,24+,25-,26-,27-,28+,29+,30-,31+,32-,33-,34+,35+,38+,39+,40+/m1/s1. The molecule has 6 rings (SSSR count). The van der Waals surface area contributed by atoms with Crippen molar-refractivity contribution in [2.75, 3.05) is 13.2 Å². The van der Waals surface area contributed by atoms with E-state index in [1.54, 1.807) is 0 Å². The van der Waals surface area contributed by atoms with E-state index >= 15 is 0 Å². The smallest absolute Gasteiger partial charge is 0.318 e. The molecule has 17 atom stereocenters. The molecule has 13 heteroatoms. The third-order valence-corrected chi connectivity index (χ3v) is 14.8. The first-order chi connectivity index (χ1) is 24.8. The van der Waals surface area contributed by atoms with Crippen LogP contribution < -0.4 is 0 Å². The fourth-order valence-electron chi connectivity index (χ4n) is 11.3. The molecule has 53 heavy (non-hydrogen) atoms. The van der Waals surface area contributed by atoms with Gasteiger partial charge in [-0.2, -0.15) is 0 Å². The van der Waals surface area contributed by atoms with Gasteiger partial charge >= 0.3 is 5.97 Å². The number of hydrogen-bond donors (Lipinski definition) is 7. The van der Waals surface area contributed by atoms with Crippen LogP contribution in [0.1, 0.15) is 92.9 Å². The Morgan fingerprint density at radius 3 is 2.25 bits per heavy atom. The van der Waals surface area contributed by atoms with Crippen LogP contribution in [0.25, 0.3) is 0 Å². The Hall–Kier alpha value is -1.78. The predicted molar refractivity (Wildman–Crippen MR) is 189 cm³/mol. The Morgan fingerprint density at radius 2 is 1.57 bits per heavy atom. The van der Waals surface area contributed by atoms with Crippen LogP contribution in [0.15, 0.2) is 23.8 Å². The number of carbonyl (C=O) groups is 2. The van der Waals surface area contributed by atoms with Gasteiger partial charge in [0.15, 0.2) is 6.29 Å². The zero-order valence-corrected chi connectivity index (χ0v) is 32.0. The molecule has 13 nitrogen and oxygen atoms in total. The molecular formula is C40H62O13. The number of carbonyl (C=O) groups excluding carboxylic acids is 2. The number of hydrogen-bond acceptors (Lipinski definition) is 13. The van der Waals surface area contributed by atoms with E-state index in [0.29, 0.717) is 25.7 Å². The van der Waals surface area contributed by atoms with Crippen molar-refractivity contribution >= 4 is 11.8 Å². The van der Waals surface area contributed by atoms with Crippen LogP contribution >= 0.6 is 0 Å². The molecule has 0 amide bonds. The molecule has 0 aromatic heterocycles. The van der Waals surface area contributed by atoms with Gasteiger partial charge in [-0.1, -0.05) is 52.8 Å². The summed E-state index contributed by atoms with van der Waals surface area (Å²) in [6, 6.07) is 0. The molecule has 0 unspecified atom stereocenters. The van der Waals surface area contributed by atoms with E-state index in [1.807, 2.05) is 13.0 Å². The van der Waals surface area contributed by atoms with Gasteiger partial charge in [0.1, 0.15) is 48.5 Å². The number of allylic oxidation sites excluding steroid dienone is 3. The molecule has 2 saturated carbocycles. The number of ether oxygens (including phenoxy) is 4. The highest BCUT2D eigenvalue weighted by atomic mass is 16.7. The molecule has 7 N–H and O–H groups in total. The van der Waals surface area contributed by atoms with Crippen molar-refractivity contribution in [1.29, 1.82) is 0 Å². The summed E-state index contributed by atoms with van der Waals surface area (Å²) in [5.41, 5.74) is -0.563. The van der Waals surface area contributed by atoms with Crippen LogP contribution in [0, 0.1) is 45.3 Å². The van der Waals surface area contributed by atoms with E-state index in [2.05, 4.69) is 39.8 Å². The molecule has 4 fully saturated rings. The number of aliphatic hydroxyl groups is 7. The molecule has 0 aromatic carbocycles. The minimum absolute atomic E-state index is 0.0172. The molecule has 2 heterocycles. The highest BCUT2D eigenvalue weighted by molar-refractivity contribution is 5.81. The summed E-state index contributed by atoms with van der Waals surface area (Å²) >= 11 is 0. The number of fused-ring (bicyclic) bond motifs is 5. The zero-order valence-electron chi connectivity index (χ0n) is 32.0. The summed E-state index contributed by atoms with van der Waals surface area (Å²) in [7, 11) is 0.